The van der Waals surface area contributed by atoms with Crippen molar-refractivity contribution < 1.29 is 4.79 Å². The van der Waals surface area contributed by atoms with Crippen molar-refractivity contribution in [2.24, 2.45) is 0 Å². The summed E-state index contributed by atoms with van der Waals surface area (Å²) in [5.41, 5.74) is 3.24. The summed E-state index contributed by atoms with van der Waals surface area (Å²) in [4.78, 5) is 29.3. The first-order valence-electron chi connectivity index (χ1n) is 9.15. The van der Waals surface area contributed by atoms with E-state index in [1.165, 1.54) is 0 Å². The first-order valence-corrected chi connectivity index (χ1v) is 9.15. The number of carbonyl (C=O) groups excluding carboxylic acids is 1. The maximum atomic E-state index is 12.4. The predicted octanol–water partition coefficient (Wildman–Crippen LogP) is 1.60. The molecule has 27 heavy (non-hydrogen) atoms. The van der Waals surface area contributed by atoms with Crippen LogP contribution in [0.25, 0.3) is 5.65 Å². The molecular weight excluding hydrogens is 342 g/mol. The highest BCUT2D eigenvalue weighted by Gasteiger charge is 2.25. The summed E-state index contributed by atoms with van der Waals surface area (Å²) < 4.78 is 1.83. The van der Waals surface area contributed by atoms with Gasteiger partial charge in [0.2, 0.25) is 0 Å². The number of rotatable bonds is 4. The fraction of sp³-hybridized carbons (Fsp3) is 0.421. The number of hydrogen-bond donors (Lipinski definition) is 0. The fourth-order valence-electron chi connectivity index (χ4n) is 3.69. The lowest BCUT2D eigenvalue weighted by Crippen LogP contribution is -2.34. The van der Waals surface area contributed by atoms with E-state index in [1.54, 1.807) is 43.8 Å². The van der Waals surface area contributed by atoms with Gasteiger partial charge in [0.25, 0.3) is 5.91 Å². The second kappa shape index (κ2) is 7.40. The highest BCUT2D eigenvalue weighted by molar-refractivity contribution is 5.99. The molecule has 0 spiro atoms. The van der Waals surface area contributed by atoms with E-state index in [9.17, 15) is 4.79 Å². The van der Waals surface area contributed by atoms with Gasteiger partial charge in [0.15, 0.2) is 5.65 Å². The Morgan fingerprint density at radius 1 is 1.22 bits per heavy atom. The molecule has 1 amide bonds. The quantitative estimate of drug-likeness (QED) is 0.699. The van der Waals surface area contributed by atoms with Crippen molar-refractivity contribution in [2.45, 2.75) is 25.3 Å². The summed E-state index contributed by atoms with van der Waals surface area (Å²) in [7, 11) is 3.47. The molecule has 4 heterocycles. The highest BCUT2D eigenvalue weighted by atomic mass is 16.2. The molecule has 0 aromatic carbocycles. The Morgan fingerprint density at radius 2 is 2.11 bits per heavy atom. The minimum atomic E-state index is -0.0810. The van der Waals surface area contributed by atoms with Crippen LogP contribution in [0.5, 0.6) is 0 Å². The van der Waals surface area contributed by atoms with E-state index < -0.39 is 0 Å². The zero-order valence-electron chi connectivity index (χ0n) is 15.6. The monoisotopic (exact) mass is 365 g/mol. The van der Waals surface area contributed by atoms with Crippen LogP contribution in [-0.2, 0) is 6.54 Å². The molecule has 0 saturated carbocycles. The minimum Gasteiger partial charge on any atom is -0.345 e. The molecule has 4 rings (SSSR count). The number of fused-ring (bicyclic) bond motifs is 1. The number of amides is 1. The third-order valence-corrected chi connectivity index (χ3v) is 4.99. The number of hydrogen-bond acceptors (Lipinski definition) is 6. The van der Waals surface area contributed by atoms with Gasteiger partial charge >= 0.3 is 0 Å². The molecular formula is C19H23N7O. The SMILES string of the molecule is CN(C)C(=O)c1cnn2c([C@H]3CCCN(Cc4cnccn4)C3)ccnc12. The van der Waals surface area contributed by atoms with Crippen molar-refractivity contribution in [1.29, 1.82) is 0 Å². The smallest absolute Gasteiger partial charge is 0.258 e. The Kier molecular flexibility index (Phi) is 4.81. The number of aromatic nitrogens is 5. The van der Waals surface area contributed by atoms with E-state index in [0.29, 0.717) is 17.1 Å². The minimum absolute atomic E-state index is 0.0810. The van der Waals surface area contributed by atoms with Crippen molar-refractivity contribution in [3.63, 3.8) is 0 Å². The second-order valence-electron chi connectivity index (χ2n) is 7.13. The average Bonchev–Trinajstić information content (AvgIpc) is 3.12. The number of likely N-dealkylation sites (tertiary alicyclic amines) is 1. The topological polar surface area (TPSA) is 79.5 Å². The number of carbonyl (C=O) groups is 1. The molecule has 8 nitrogen and oxygen atoms in total. The summed E-state index contributed by atoms with van der Waals surface area (Å²) >= 11 is 0. The van der Waals surface area contributed by atoms with Crippen LogP contribution in [0.3, 0.4) is 0 Å². The van der Waals surface area contributed by atoms with Gasteiger partial charge in [-0.15, -0.1) is 0 Å². The summed E-state index contributed by atoms with van der Waals surface area (Å²) in [6.45, 7) is 2.76. The van der Waals surface area contributed by atoms with Gasteiger partial charge in [-0.2, -0.15) is 5.10 Å². The van der Waals surface area contributed by atoms with Crippen LogP contribution in [0.1, 0.15) is 40.5 Å². The van der Waals surface area contributed by atoms with Gasteiger partial charge in [-0.25, -0.2) is 9.50 Å². The molecule has 1 fully saturated rings. The van der Waals surface area contributed by atoms with Crippen LogP contribution in [0.15, 0.2) is 37.1 Å². The molecule has 0 bridgehead atoms. The third-order valence-electron chi connectivity index (χ3n) is 4.99. The Labute approximate surface area is 157 Å². The first kappa shape index (κ1) is 17.5. The molecule has 3 aromatic rings. The van der Waals surface area contributed by atoms with E-state index in [2.05, 4.69) is 25.0 Å². The zero-order valence-corrected chi connectivity index (χ0v) is 15.6. The molecule has 0 N–H and O–H groups in total. The predicted molar refractivity (Wildman–Crippen MR) is 100 cm³/mol. The van der Waals surface area contributed by atoms with Crippen LogP contribution in [0.2, 0.25) is 0 Å². The van der Waals surface area contributed by atoms with Crippen molar-refractivity contribution in [3.8, 4) is 0 Å². The molecule has 140 valence electrons. The van der Waals surface area contributed by atoms with Crippen molar-refractivity contribution in [1.82, 2.24) is 34.4 Å². The van der Waals surface area contributed by atoms with Gasteiger partial charge in [-0.1, -0.05) is 0 Å². The normalized spacial score (nSPS) is 17.9. The maximum Gasteiger partial charge on any atom is 0.258 e. The van der Waals surface area contributed by atoms with E-state index in [0.717, 1.165) is 43.9 Å². The summed E-state index contributed by atoms with van der Waals surface area (Å²) in [6, 6.07) is 2.01. The Morgan fingerprint density at radius 3 is 2.89 bits per heavy atom. The van der Waals surface area contributed by atoms with Gasteiger partial charge < -0.3 is 4.90 Å². The fourth-order valence-corrected chi connectivity index (χ4v) is 3.69. The van der Waals surface area contributed by atoms with E-state index >= 15 is 0 Å². The second-order valence-corrected chi connectivity index (χ2v) is 7.13. The Bertz CT molecular complexity index is 938. The lowest BCUT2D eigenvalue weighted by molar-refractivity contribution is 0.0829. The zero-order chi connectivity index (χ0) is 18.8. The summed E-state index contributed by atoms with van der Waals surface area (Å²) in [5, 5.41) is 4.47. The average molecular weight is 365 g/mol. The summed E-state index contributed by atoms with van der Waals surface area (Å²) in [6.07, 6.45) is 10.8. The third kappa shape index (κ3) is 3.52. The van der Waals surface area contributed by atoms with Crippen LogP contribution in [0.4, 0.5) is 0 Å². The van der Waals surface area contributed by atoms with Gasteiger partial charge in [0.05, 0.1) is 17.6 Å². The van der Waals surface area contributed by atoms with Gasteiger partial charge in [0, 0.05) is 57.9 Å². The van der Waals surface area contributed by atoms with Crippen molar-refractivity contribution in [3.05, 3.63) is 54.0 Å². The van der Waals surface area contributed by atoms with E-state index in [-0.39, 0.29) is 5.91 Å². The van der Waals surface area contributed by atoms with Crippen LogP contribution in [-0.4, -0.2) is 67.5 Å². The maximum absolute atomic E-state index is 12.4. The first-order chi connectivity index (χ1) is 13.1. The molecule has 0 radical (unpaired) electrons. The molecule has 1 aliphatic heterocycles. The van der Waals surface area contributed by atoms with Crippen molar-refractivity contribution in [2.75, 3.05) is 27.2 Å². The van der Waals surface area contributed by atoms with Crippen LogP contribution in [0, 0.1) is 0 Å². The van der Waals surface area contributed by atoms with Gasteiger partial charge in [0.1, 0.15) is 5.56 Å². The van der Waals surface area contributed by atoms with Crippen molar-refractivity contribution >= 4 is 11.6 Å². The van der Waals surface area contributed by atoms with E-state index in [1.807, 2.05) is 16.8 Å². The Balaban J connectivity index is 1.59. The summed E-state index contributed by atoms with van der Waals surface area (Å²) in [5.74, 6) is 0.255. The largest absolute Gasteiger partial charge is 0.345 e. The molecule has 1 aliphatic rings. The lowest BCUT2D eigenvalue weighted by Gasteiger charge is -2.32. The number of nitrogens with zero attached hydrogens (tertiary/aromatic N) is 7. The molecule has 0 unspecified atom stereocenters. The Hall–Kier alpha value is -2.87. The van der Waals surface area contributed by atoms with Gasteiger partial charge in [-0.05, 0) is 25.5 Å². The molecule has 0 aliphatic carbocycles. The standard InChI is InChI=1S/C19H23N7O/c1-24(2)19(27)16-11-23-26-17(5-6-22-18(16)26)14-4-3-9-25(12-14)13-15-10-20-7-8-21-15/h5-8,10-11,14H,3-4,9,12-13H2,1-2H3/t14-/m0/s1. The lowest BCUT2D eigenvalue weighted by atomic mass is 9.94. The van der Waals surface area contributed by atoms with Crippen LogP contribution >= 0.6 is 0 Å². The molecule has 8 heteroatoms. The molecule has 1 atom stereocenters. The van der Waals surface area contributed by atoms with Gasteiger partial charge in [-0.3, -0.25) is 19.7 Å². The highest BCUT2D eigenvalue weighted by Crippen LogP contribution is 2.28. The van der Waals surface area contributed by atoms with Crippen LogP contribution < -0.4 is 0 Å². The molecule has 1 saturated heterocycles. The van der Waals surface area contributed by atoms with E-state index in [4.69, 9.17) is 0 Å². The number of piperidine rings is 1. The molecule has 3 aromatic heterocycles.